The molecule has 9 nitrogen and oxygen atoms in total. The van der Waals surface area contributed by atoms with Crippen molar-refractivity contribution in [1.82, 2.24) is 25.2 Å². The Hall–Kier alpha value is -4.14. The molecule has 4 aromatic rings. The Bertz CT molecular complexity index is 1350. The molecule has 0 unspecified atom stereocenters. The SMILES string of the molecule is Cc1nn(-c2ccc(-c3noc(C4CCC4)n3)cc2)cc1C(=O)NCc1ccc2c(c1)OCO2. The quantitative estimate of drug-likeness (QED) is 0.464. The predicted octanol–water partition coefficient (Wildman–Crippen LogP) is 4.16. The van der Waals surface area contributed by atoms with E-state index in [1.807, 2.05) is 49.4 Å². The van der Waals surface area contributed by atoms with Crippen molar-refractivity contribution in [3.63, 3.8) is 0 Å². The highest BCUT2D eigenvalue weighted by Crippen LogP contribution is 2.36. The Morgan fingerprint density at radius 2 is 1.94 bits per heavy atom. The first-order valence-electron chi connectivity index (χ1n) is 11.3. The summed E-state index contributed by atoms with van der Waals surface area (Å²) in [4.78, 5) is 17.3. The normalized spacial score (nSPS) is 14.7. The number of aromatic nitrogens is 4. The highest BCUT2D eigenvalue weighted by molar-refractivity contribution is 5.95. The number of carbonyl (C=O) groups is 1. The van der Waals surface area contributed by atoms with Gasteiger partial charge in [-0.15, -0.1) is 0 Å². The molecule has 34 heavy (non-hydrogen) atoms. The molecule has 3 heterocycles. The molecule has 1 N–H and O–H groups in total. The van der Waals surface area contributed by atoms with Gasteiger partial charge in [0.15, 0.2) is 11.5 Å². The van der Waals surface area contributed by atoms with Crippen molar-refractivity contribution in [3.05, 3.63) is 71.4 Å². The summed E-state index contributed by atoms with van der Waals surface area (Å²) in [5.41, 5.74) is 3.82. The van der Waals surface area contributed by atoms with Crippen molar-refractivity contribution in [3.8, 4) is 28.6 Å². The summed E-state index contributed by atoms with van der Waals surface area (Å²) in [6.45, 7) is 2.42. The number of carbonyl (C=O) groups excluding carboxylic acids is 1. The zero-order valence-corrected chi connectivity index (χ0v) is 18.7. The van der Waals surface area contributed by atoms with Gasteiger partial charge in [0.05, 0.1) is 16.9 Å². The third-order valence-electron chi connectivity index (χ3n) is 6.32. The molecular weight excluding hydrogens is 434 g/mol. The Labute approximate surface area is 195 Å². The average molecular weight is 457 g/mol. The lowest BCUT2D eigenvalue weighted by molar-refractivity contribution is 0.0950. The Kier molecular flexibility index (Phi) is 5.01. The van der Waals surface area contributed by atoms with Crippen LogP contribution in [0.3, 0.4) is 0 Å². The van der Waals surface area contributed by atoms with Gasteiger partial charge in [0.1, 0.15) is 0 Å². The van der Waals surface area contributed by atoms with Crippen LogP contribution in [0.1, 0.15) is 52.7 Å². The topological polar surface area (TPSA) is 104 Å². The third kappa shape index (κ3) is 3.79. The number of fused-ring (bicyclic) bond motifs is 1. The largest absolute Gasteiger partial charge is 0.454 e. The van der Waals surface area contributed by atoms with Crippen LogP contribution in [0.15, 0.2) is 53.2 Å². The van der Waals surface area contributed by atoms with E-state index in [1.165, 1.54) is 6.42 Å². The van der Waals surface area contributed by atoms with E-state index in [0.29, 0.717) is 35.3 Å². The molecular formula is C25H23N5O4. The van der Waals surface area contributed by atoms with E-state index >= 15 is 0 Å². The van der Waals surface area contributed by atoms with Crippen LogP contribution in [0.5, 0.6) is 11.5 Å². The van der Waals surface area contributed by atoms with Gasteiger partial charge in [-0.3, -0.25) is 4.79 Å². The number of hydrogen-bond acceptors (Lipinski definition) is 7. The molecule has 0 bridgehead atoms. The maximum Gasteiger partial charge on any atom is 0.255 e. The van der Waals surface area contributed by atoms with Gasteiger partial charge in [0, 0.05) is 24.2 Å². The number of rotatable bonds is 6. The van der Waals surface area contributed by atoms with Gasteiger partial charge < -0.3 is 19.3 Å². The smallest absolute Gasteiger partial charge is 0.255 e. The molecule has 1 amide bonds. The first-order valence-corrected chi connectivity index (χ1v) is 11.3. The minimum absolute atomic E-state index is 0.187. The molecule has 0 radical (unpaired) electrons. The van der Waals surface area contributed by atoms with E-state index in [-0.39, 0.29) is 12.7 Å². The number of aryl methyl sites for hydroxylation is 1. The lowest BCUT2D eigenvalue weighted by Crippen LogP contribution is -2.23. The van der Waals surface area contributed by atoms with E-state index in [9.17, 15) is 4.79 Å². The summed E-state index contributed by atoms with van der Waals surface area (Å²) >= 11 is 0. The van der Waals surface area contributed by atoms with Gasteiger partial charge in [-0.2, -0.15) is 10.1 Å². The second-order valence-corrected chi connectivity index (χ2v) is 8.57. The molecule has 6 rings (SSSR count). The van der Waals surface area contributed by atoms with Crippen LogP contribution in [-0.2, 0) is 6.54 Å². The first-order chi connectivity index (χ1) is 16.6. The summed E-state index contributed by atoms with van der Waals surface area (Å²) in [6.07, 6.45) is 5.19. The van der Waals surface area contributed by atoms with Crippen LogP contribution < -0.4 is 14.8 Å². The van der Waals surface area contributed by atoms with E-state index < -0.39 is 0 Å². The minimum atomic E-state index is -0.187. The first kappa shape index (κ1) is 20.5. The Morgan fingerprint density at radius 1 is 1.12 bits per heavy atom. The summed E-state index contributed by atoms with van der Waals surface area (Å²) < 4.78 is 17.8. The van der Waals surface area contributed by atoms with Crippen LogP contribution in [-0.4, -0.2) is 32.6 Å². The van der Waals surface area contributed by atoms with Crippen LogP contribution >= 0.6 is 0 Å². The number of hydrogen-bond donors (Lipinski definition) is 1. The second-order valence-electron chi connectivity index (χ2n) is 8.57. The summed E-state index contributed by atoms with van der Waals surface area (Å²) in [6, 6.07) is 13.3. The van der Waals surface area contributed by atoms with E-state index in [0.717, 1.165) is 41.3 Å². The maximum atomic E-state index is 12.8. The van der Waals surface area contributed by atoms with Crippen LogP contribution in [0.4, 0.5) is 0 Å². The number of ether oxygens (including phenoxy) is 2. The van der Waals surface area contributed by atoms with Crippen molar-refractivity contribution in [2.75, 3.05) is 6.79 Å². The molecule has 1 aliphatic heterocycles. The summed E-state index contributed by atoms with van der Waals surface area (Å²) in [7, 11) is 0. The number of benzene rings is 2. The fourth-order valence-electron chi connectivity index (χ4n) is 4.08. The molecule has 1 fully saturated rings. The third-order valence-corrected chi connectivity index (χ3v) is 6.32. The van der Waals surface area contributed by atoms with Gasteiger partial charge in [-0.25, -0.2) is 4.68 Å². The number of nitrogens with zero attached hydrogens (tertiary/aromatic N) is 4. The van der Waals surface area contributed by atoms with Crippen molar-refractivity contribution in [1.29, 1.82) is 0 Å². The number of nitrogens with one attached hydrogen (secondary N) is 1. The Balaban J connectivity index is 1.14. The highest BCUT2D eigenvalue weighted by Gasteiger charge is 2.25. The van der Waals surface area contributed by atoms with E-state index in [1.54, 1.807) is 10.9 Å². The molecule has 1 aliphatic carbocycles. The van der Waals surface area contributed by atoms with Gasteiger partial charge >= 0.3 is 0 Å². The maximum absolute atomic E-state index is 12.8. The standard InChI is InChI=1S/C25H23N5O4/c1-15-20(24(31)26-12-16-5-10-21-22(11-16)33-14-32-21)13-30(28-15)19-8-6-17(7-9-19)23-27-25(34-29-23)18-3-2-4-18/h5-11,13,18H,2-4,12,14H2,1H3,(H,26,31). The molecule has 2 aromatic heterocycles. The predicted molar refractivity (Wildman–Crippen MR) is 122 cm³/mol. The van der Waals surface area contributed by atoms with Crippen LogP contribution in [0, 0.1) is 6.92 Å². The Morgan fingerprint density at radius 3 is 2.74 bits per heavy atom. The molecule has 2 aliphatic rings. The fourth-order valence-corrected chi connectivity index (χ4v) is 4.08. The van der Waals surface area contributed by atoms with E-state index in [2.05, 4.69) is 20.6 Å². The van der Waals surface area contributed by atoms with Gasteiger partial charge in [0.25, 0.3) is 5.91 Å². The molecule has 9 heteroatoms. The summed E-state index contributed by atoms with van der Waals surface area (Å²) in [5.74, 6) is 2.95. The zero-order chi connectivity index (χ0) is 23.1. The lowest BCUT2D eigenvalue weighted by Gasteiger charge is -2.20. The van der Waals surface area contributed by atoms with Crippen molar-refractivity contribution in [2.24, 2.45) is 0 Å². The van der Waals surface area contributed by atoms with Crippen molar-refractivity contribution in [2.45, 2.75) is 38.6 Å². The van der Waals surface area contributed by atoms with Crippen LogP contribution in [0.25, 0.3) is 17.1 Å². The lowest BCUT2D eigenvalue weighted by atomic mass is 9.85. The van der Waals surface area contributed by atoms with E-state index in [4.69, 9.17) is 14.0 Å². The van der Waals surface area contributed by atoms with Crippen molar-refractivity contribution < 1.29 is 18.8 Å². The average Bonchev–Trinajstić information content (AvgIpc) is 3.56. The van der Waals surface area contributed by atoms with Gasteiger partial charge in [-0.05, 0) is 61.7 Å². The molecule has 2 aromatic carbocycles. The second kappa shape index (κ2) is 8.33. The summed E-state index contributed by atoms with van der Waals surface area (Å²) in [5, 5.41) is 11.6. The van der Waals surface area contributed by atoms with Crippen molar-refractivity contribution >= 4 is 5.91 Å². The van der Waals surface area contributed by atoms with Crippen LogP contribution in [0.2, 0.25) is 0 Å². The van der Waals surface area contributed by atoms with Gasteiger partial charge in [-0.1, -0.05) is 17.6 Å². The molecule has 0 spiro atoms. The fraction of sp³-hybridized carbons (Fsp3) is 0.280. The zero-order valence-electron chi connectivity index (χ0n) is 18.7. The van der Waals surface area contributed by atoms with Gasteiger partial charge in [0.2, 0.25) is 18.5 Å². The molecule has 0 saturated heterocycles. The number of amides is 1. The monoisotopic (exact) mass is 457 g/mol. The highest BCUT2D eigenvalue weighted by atomic mass is 16.7. The molecule has 0 atom stereocenters. The molecule has 172 valence electrons. The molecule has 1 saturated carbocycles. The minimum Gasteiger partial charge on any atom is -0.454 e.